The summed E-state index contributed by atoms with van der Waals surface area (Å²) in [5.41, 5.74) is 2.74. The third-order valence-electron chi connectivity index (χ3n) is 10.1. The van der Waals surface area contributed by atoms with Crippen molar-refractivity contribution in [1.82, 2.24) is 13.8 Å². The molecule has 7 rings (SSSR count). The van der Waals surface area contributed by atoms with Crippen molar-refractivity contribution >= 4 is 66.2 Å². The monoisotopic (exact) mass is 881 g/mol. The number of ether oxygens (including phenoxy) is 2. The van der Waals surface area contributed by atoms with Crippen LogP contribution in [0.25, 0.3) is 22.2 Å². The summed E-state index contributed by atoms with van der Waals surface area (Å²) in [5.74, 6) is 2.03. The minimum absolute atomic E-state index is 0.102. The molecule has 294 valence electrons. The highest BCUT2D eigenvalue weighted by Crippen LogP contribution is 2.41. The summed E-state index contributed by atoms with van der Waals surface area (Å²) in [5, 5.41) is 5.33. The van der Waals surface area contributed by atoms with Crippen LogP contribution < -0.4 is 4.74 Å². The van der Waals surface area contributed by atoms with Crippen LogP contribution in [-0.2, 0) is 21.2 Å². The molecule has 8 nitrogen and oxygen atoms in total. The Labute approximate surface area is 342 Å². The van der Waals surface area contributed by atoms with E-state index in [-0.39, 0.29) is 35.5 Å². The van der Waals surface area contributed by atoms with Gasteiger partial charge in [0.15, 0.2) is 17.4 Å². The van der Waals surface area contributed by atoms with E-state index in [2.05, 4.69) is 21.0 Å². The van der Waals surface area contributed by atoms with Gasteiger partial charge in [-0.2, -0.15) is 28.6 Å². The molecule has 1 fully saturated rings. The number of hydrogen-bond acceptors (Lipinski definition) is 8. The number of aromatic nitrogens is 3. The number of ketones is 1. The summed E-state index contributed by atoms with van der Waals surface area (Å²) < 4.78 is 73.7. The van der Waals surface area contributed by atoms with E-state index in [9.17, 15) is 13.2 Å². The number of rotatable bonds is 16. The van der Waals surface area contributed by atoms with Crippen LogP contribution in [0, 0.1) is 5.82 Å². The number of fused-ring (bicyclic) bond motifs is 1. The first-order valence-corrected chi connectivity index (χ1v) is 23.1. The Morgan fingerprint density at radius 3 is 2.62 bits per heavy atom. The Bertz CT molecular complexity index is 2390. The van der Waals surface area contributed by atoms with E-state index in [4.69, 9.17) is 9.47 Å². The zero-order valence-corrected chi connectivity index (χ0v) is 34.9. The van der Waals surface area contributed by atoms with E-state index >= 15 is 8.78 Å². The number of nitrogens with zero attached hydrogens (tertiary/aromatic N) is 3. The summed E-state index contributed by atoms with van der Waals surface area (Å²) >= 11 is 6.99. The molecule has 0 N–H and O–H groups in total. The molecule has 2 aromatic heterocycles. The lowest BCUT2D eigenvalue weighted by atomic mass is 9.99. The molecule has 3 aromatic carbocycles. The van der Waals surface area contributed by atoms with Gasteiger partial charge in [-0.3, -0.25) is 4.79 Å². The van der Waals surface area contributed by atoms with Crippen LogP contribution in [0.4, 0.5) is 8.78 Å². The normalized spacial score (nSPS) is 18.8. The van der Waals surface area contributed by atoms with Crippen LogP contribution in [0.3, 0.4) is 0 Å². The highest BCUT2D eigenvalue weighted by atomic mass is 79.9. The van der Waals surface area contributed by atoms with Crippen molar-refractivity contribution in [2.45, 2.75) is 56.4 Å². The molecule has 3 heterocycles. The summed E-state index contributed by atoms with van der Waals surface area (Å²) in [6, 6.07) is 20.5. The molecular formula is C42H42BrF2N3O5S3. The molecule has 14 heteroatoms. The van der Waals surface area contributed by atoms with Crippen LogP contribution in [0.5, 0.6) is 5.75 Å². The zero-order chi connectivity index (χ0) is 39.3. The van der Waals surface area contributed by atoms with Gasteiger partial charge in [0.25, 0.3) is 10.0 Å². The van der Waals surface area contributed by atoms with E-state index in [1.54, 1.807) is 46.9 Å². The average Bonchev–Trinajstić information content (AvgIpc) is 3.88. The highest BCUT2D eigenvalue weighted by molar-refractivity contribution is 9.10. The van der Waals surface area contributed by atoms with Crippen LogP contribution in [-0.4, -0.2) is 62.3 Å². The maximum atomic E-state index is 16.5. The van der Waals surface area contributed by atoms with Crippen molar-refractivity contribution in [2.75, 3.05) is 29.6 Å². The van der Waals surface area contributed by atoms with Crippen LogP contribution in [0.2, 0.25) is 0 Å². The summed E-state index contributed by atoms with van der Waals surface area (Å²) in [7, 11) is -4.33. The molecule has 0 bridgehead atoms. The quantitative estimate of drug-likeness (QED) is 0.0715. The van der Waals surface area contributed by atoms with Gasteiger partial charge in [-0.05, 0) is 105 Å². The number of allylic oxidation sites excluding steroid dienone is 2. The van der Waals surface area contributed by atoms with Crippen LogP contribution >= 0.6 is 39.5 Å². The van der Waals surface area contributed by atoms with Gasteiger partial charge >= 0.3 is 0 Å². The molecule has 0 spiro atoms. The number of thioether (sulfide) groups is 2. The number of halogens is 3. The molecule has 0 radical (unpaired) electrons. The molecule has 1 aliphatic carbocycles. The first-order valence-electron chi connectivity index (χ1n) is 18.5. The summed E-state index contributed by atoms with van der Waals surface area (Å²) in [6.45, 7) is 2.00. The number of Topliss-reactive ketones (excluding diaryl/α,β-unsaturated/α-hetero) is 1. The molecule has 1 aliphatic heterocycles. The molecule has 2 atom stereocenters. The third-order valence-corrected chi connectivity index (χ3v) is 15.1. The van der Waals surface area contributed by atoms with Crippen molar-refractivity contribution in [3.63, 3.8) is 0 Å². The second-order valence-electron chi connectivity index (χ2n) is 13.9. The fraction of sp³-hybridized carbons (Fsp3) is 0.333. The first-order chi connectivity index (χ1) is 27.0. The lowest BCUT2D eigenvalue weighted by Crippen LogP contribution is -2.41. The van der Waals surface area contributed by atoms with Crippen molar-refractivity contribution in [3.8, 4) is 17.0 Å². The Morgan fingerprint density at radius 1 is 1.00 bits per heavy atom. The molecule has 2 aliphatic rings. The van der Waals surface area contributed by atoms with Gasteiger partial charge < -0.3 is 9.47 Å². The maximum absolute atomic E-state index is 16.5. The van der Waals surface area contributed by atoms with E-state index < -0.39 is 26.4 Å². The fourth-order valence-corrected chi connectivity index (χ4v) is 11.1. The number of hydrogen-bond donors (Lipinski definition) is 0. The summed E-state index contributed by atoms with van der Waals surface area (Å²) in [6.07, 6.45) is 9.97. The second kappa shape index (κ2) is 17.8. The van der Waals surface area contributed by atoms with Gasteiger partial charge in [0, 0.05) is 63.7 Å². The third kappa shape index (κ3) is 8.74. The number of carbonyl (C=O) groups excluding carboxylic acids is 1. The highest BCUT2D eigenvalue weighted by Gasteiger charge is 2.48. The van der Waals surface area contributed by atoms with Gasteiger partial charge in [-0.15, -0.1) is 0 Å². The predicted molar refractivity (Wildman–Crippen MR) is 225 cm³/mol. The molecule has 56 heavy (non-hydrogen) atoms. The van der Waals surface area contributed by atoms with Gasteiger partial charge in [0.05, 0.1) is 11.2 Å². The molecule has 1 saturated heterocycles. The van der Waals surface area contributed by atoms with Gasteiger partial charge in [-0.1, -0.05) is 46.3 Å². The lowest BCUT2D eigenvalue weighted by molar-refractivity contribution is -0.0393. The Balaban J connectivity index is 0.987. The summed E-state index contributed by atoms with van der Waals surface area (Å²) in [4.78, 5) is 12.4. The zero-order valence-electron chi connectivity index (χ0n) is 30.8. The average molecular weight is 883 g/mol. The molecule has 2 unspecified atom stereocenters. The fourth-order valence-electron chi connectivity index (χ4n) is 6.90. The first kappa shape index (κ1) is 40.5. The second-order valence-corrected chi connectivity index (χ2v) is 19.5. The van der Waals surface area contributed by atoms with E-state index in [1.165, 1.54) is 41.4 Å². The molecular weight excluding hydrogens is 841 g/mol. The lowest BCUT2D eigenvalue weighted by Gasteiger charge is -2.30. The smallest absolute Gasteiger partial charge is 0.251 e. The standard InChI is InChI=1S/C42H42BrF2N3O5S3/c1-42(19-6-11-39(41(42)45)53-32-13-14-35(44)34(28-32)36-16-20-47(46-36)40-12-2-3-22-52-40)56(50,51)48-21-15-33-29(7-5-10-37(33)48)17-23-54-25-26-55-24-18-38(49)30-8-4-9-31(43)27-30/h4-11,13-16,20-21,27-28,40H,2-3,12,17-19,22-26H2,1H3. The predicted octanol–water partition coefficient (Wildman–Crippen LogP) is 10.5. The largest absolute Gasteiger partial charge is 0.455 e. The Kier molecular flexibility index (Phi) is 12.9. The van der Waals surface area contributed by atoms with Crippen molar-refractivity contribution in [3.05, 3.63) is 130 Å². The topological polar surface area (TPSA) is 92.4 Å². The van der Waals surface area contributed by atoms with E-state index in [0.717, 1.165) is 69.7 Å². The van der Waals surface area contributed by atoms with Crippen molar-refractivity contribution in [2.24, 2.45) is 0 Å². The maximum Gasteiger partial charge on any atom is 0.251 e. The van der Waals surface area contributed by atoms with Gasteiger partial charge in [0.1, 0.15) is 22.5 Å². The number of carbonyl (C=O) groups is 1. The SMILES string of the molecule is CC1(S(=O)(=O)n2ccc3c(CCSCCSCCC(=O)c4cccc(Br)c4)cccc32)CC=CC(Oc2ccc(F)c(-c3ccn(C4CCCCO4)n3)c2)=C1F. The molecule has 0 saturated carbocycles. The van der Waals surface area contributed by atoms with Crippen molar-refractivity contribution < 1.29 is 31.5 Å². The van der Waals surface area contributed by atoms with Gasteiger partial charge in [0.2, 0.25) is 0 Å². The number of aryl methyl sites for hydroxylation is 1. The van der Waals surface area contributed by atoms with E-state index in [0.29, 0.717) is 24.2 Å². The minimum Gasteiger partial charge on any atom is -0.455 e. The Hall–Kier alpha value is -3.69. The van der Waals surface area contributed by atoms with Crippen LogP contribution in [0.15, 0.2) is 113 Å². The number of benzene rings is 3. The van der Waals surface area contributed by atoms with Crippen LogP contribution in [0.1, 0.15) is 61.2 Å². The Morgan fingerprint density at radius 2 is 1.82 bits per heavy atom. The molecule has 5 aromatic rings. The van der Waals surface area contributed by atoms with Crippen molar-refractivity contribution in [1.29, 1.82) is 0 Å². The van der Waals surface area contributed by atoms with Gasteiger partial charge in [-0.25, -0.2) is 25.9 Å². The van der Waals surface area contributed by atoms with E-state index in [1.807, 2.05) is 48.2 Å². The minimum atomic E-state index is -4.33. The molecule has 0 amide bonds.